The van der Waals surface area contributed by atoms with Crippen LogP contribution < -0.4 is 0 Å². The average Bonchev–Trinajstić information content (AvgIpc) is 2.70. The SMILES string of the molecule is CCC1CCc2ncnc(-c3ccccc3)c2CC1. The highest BCUT2D eigenvalue weighted by molar-refractivity contribution is 5.63. The average molecular weight is 252 g/mol. The van der Waals surface area contributed by atoms with Crippen molar-refractivity contribution in [2.75, 3.05) is 0 Å². The van der Waals surface area contributed by atoms with Crippen molar-refractivity contribution in [3.05, 3.63) is 47.9 Å². The first kappa shape index (κ1) is 12.3. The van der Waals surface area contributed by atoms with Crippen LogP contribution in [-0.2, 0) is 12.8 Å². The van der Waals surface area contributed by atoms with Crippen LogP contribution in [0.3, 0.4) is 0 Å². The third-order valence-electron chi connectivity index (χ3n) is 4.25. The van der Waals surface area contributed by atoms with E-state index < -0.39 is 0 Å². The lowest BCUT2D eigenvalue weighted by Gasteiger charge is -2.10. The Morgan fingerprint density at radius 2 is 1.84 bits per heavy atom. The molecule has 98 valence electrons. The maximum atomic E-state index is 4.54. The number of aryl methyl sites for hydroxylation is 1. The summed E-state index contributed by atoms with van der Waals surface area (Å²) in [6.45, 7) is 2.30. The van der Waals surface area contributed by atoms with Crippen molar-refractivity contribution in [1.29, 1.82) is 0 Å². The van der Waals surface area contributed by atoms with Gasteiger partial charge in [0.1, 0.15) is 6.33 Å². The summed E-state index contributed by atoms with van der Waals surface area (Å²) in [6.07, 6.45) is 7.79. The van der Waals surface area contributed by atoms with E-state index in [1.807, 2.05) is 0 Å². The highest BCUT2D eigenvalue weighted by Gasteiger charge is 2.19. The van der Waals surface area contributed by atoms with E-state index in [1.165, 1.54) is 36.1 Å². The van der Waals surface area contributed by atoms with Gasteiger partial charge in [0.15, 0.2) is 0 Å². The largest absolute Gasteiger partial charge is 0.241 e. The molecule has 1 unspecified atom stereocenters. The molecule has 0 N–H and O–H groups in total. The molecule has 1 aromatic heterocycles. The van der Waals surface area contributed by atoms with Crippen molar-refractivity contribution in [2.24, 2.45) is 5.92 Å². The molecular formula is C17H20N2. The van der Waals surface area contributed by atoms with Gasteiger partial charge in [0.2, 0.25) is 0 Å². The lowest BCUT2D eigenvalue weighted by Crippen LogP contribution is -2.00. The predicted octanol–water partition coefficient (Wildman–Crippen LogP) is 4.05. The van der Waals surface area contributed by atoms with E-state index in [0.717, 1.165) is 24.5 Å². The number of hydrogen-bond donors (Lipinski definition) is 0. The fraction of sp³-hybridized carbons (Fsp3) is 0.412. The smallest absolute Gasteiger partial charge is 0.116 e. The highest BCUT2D eigenvalue weighted by atomic mass is 14.8. The molecule has 2 nitrogen and oxygen atoms in total. The van der Waals surface area contributed by atoms with Gasteiger partial charge in [-0.2, -0.15) is 0 Å². The molecule has 0 fully saturated rings. The highest BCUT2D eigenvalue weighted by Crippen LogP contribution is 2.30. The van der Waals surface area contributed by atoms with E-state index in [0.29, 0.717) is 0 Å². The number of hydrogen-bond acceptors (Lipinski definition) is 2. The Hall–Kier alpha value is -1.70. The van der Waals surface area contributed by atoms with Crippen molar-refractivity contribution in [2.45, 2.75) is 39.0 Å². The lowest BCUT2D eigenvalue weighted by molar-refractivity contribution is 0.450. The molecule has 1 atom stereocenters. The van der Waals surface area contributed by atoms with Crippen LogP contribution in [0.1, 0.15) is 37.4 Å². The number of aromatic nitrogens is 2. The maximum Gasteiger partial charge on any atom is 0.116 e. The molecule has 0 saturated heterocycles. The molecule has 1 heterocycles. The molecule has 0 aliphatic heterocycles. The van der Waals surface area contributed by atoms with Crippen molar-refractivity contribution in [3.63, 3.8) is 0 Å². The predicted molar refractivity (Wildman–Crippen MR) is 77.9 cm³/mol. The van der Waals surface area contributed by atoms with Gasteiger partial charge in [-0.25, -0.2) is 9.97 Å². The summed E-state index contributed by atoms with van der Waals surface area (Å²) in [5, 5.41) is 0. The summed E-state index contributed by atoms with van der Waals surface area (Å²) in [5.41, 5.74) is 5.01. The number of benzene rings is 1. The molecule has 0 radical (unpaired) electrons. The lowest BCUT2D eigenvalue weighted by atomic mass is 9.96. The second kappa shape index (κ2) is 5.52. The molecule has 0 spiro atoms. The molecule has 3 rings (SSSR count). The van der Waals surface area contributed by atoms with Gasteiger partial charge in [-0.15, -0.1) is 0 Å². The Morgan fingerprint density at radius 1 is 1.05 bits per heavy atom. The zero-order chi connectivity index (χ0) is 13.1. The fourth-order valence-corrected chi connectivity index (χ4v) is 3.01. The minimum atomic E-state index is 0.845. The van der Waals surface area contributed by atoms with Gasteiger partial charge >= 0.3 is 0 Å². The summed E-state index contributed by atoms with van der Waals surface area (Å²) in [4.78, 5) is 9.07. The van der Waals surface area contributed by atoms with Crippen LogP contribution in [-0.4, -0.2) is 9.97 Å². The molecule has 2 heteroatoms. The van der Waals surface area contributed by atoms with Gasteiger partial charge in [-0.3, -0.25) is 0 Å². The van der Waals surface area contributed by atoms with Crippen LogP contribution in [0.2, 0.25) is 0 Å². The number of nitrogens with zero attached hydrogens (tertiary/aromatic N) is 2. The molecule has 1 aliphatic rings. The molecule has 1 aliphatic carbocycles. The molecule has 0 bridgehead atoms. The van der Waals surface area contributed by atoms with Crippen LogP contribution in [0.25, 0.3) is 11.3 Å². The van der Waals surface area contributed by atoms with E-state index in [9.17, 15) is 0 Å². The van der Waals surface area contributed by atoms with E-state index in [1.54, 1.807) is 6.33 Å². The zero-order valence-electron chi connectivity index (χ0n) is 11.5. The van der Waals surface area contributed by atoms with Crippen LogP contribution in [0.4, 0.5) is 0 Å². The van der Waals surface area contributed by atoms with E-state index in [4.69, 9.17) is 0 Å². The Bertz CT molecular complexity index is 548. The Labute approximate surface area is 114 Å². The van der Waals surface area contributed by atoms with E-state index in [-0.39, 0.29) is 0 Å². The third-order valence-corrected chi connectivity index (χ3v) is 4.25. The first-order valence-electron chi connectivity index (χ1n) is 7.26. The van der Waals surface area contributed by atoms with Gasteiger partial charge < -0.3 is 0 Å². The topological polar surface area (TPSA) is 25.8 Å². The van der Waals surface area contributed by atoms with Crippen molar-refractivity contribution < 1.29 is 0 Å². The summed E-state index contributed by atoms with van der Waals surface area (Å²) in [6, 6.07) is 10.5. The second-order valence-electron chi connectivity index (χ2n) is 5.37. The normalized spacial score (nSPS) is 18.7. The van der Waals surface area contributed by atoms with Gasteiger partial charge in [-0.1, -0.05) is 43.7 Å². The minimum Gasteiger partial charge on any atom is -0.241 e. The van der Waals surface area contributed by atoms with Crippen LogP contribution in [0.5, 0.6) is 0 Å². The minimum absolute atomic E-state index is 0.845. The summed E-state index contributed by atoms with van der Waals surface area (Å²) >= 11 is 0. The van der Waals surface area contributed by atoms with Gasteiger partial charge in [0.25, 0.3) is 0 Å². The summed E-state index contributed by atoms with van der Waals surface area (Å²) < 4.78 is 0. The summed E-state index contributed by atoms with van der Waals surface area (Å²) in [7, 11) is 0. The quantitative estimate of drug-likeness (QED) is 0.754. The molecular weight excluding hydrogens is 232 g/mol. The van der Waals surface area contributed by atoms with Gasteiger partial charge in [0, 0.05) is 11.3 Å². The standard InChI is InChI=1S/C17H20N2/c1-2-13-8-10-15-16(11-9-13)18-12-19-17(15)14-6-4-3-5-7-14/h3-7,12-13H,2,8-11H2,1H3. The number of rotatable bonds is 2. The summed E-state index contributed by atoms with van der Waals surface area (Å²) in [5.74, 6) is 0.845. The van der Waals surface area contributed by atoms with Crippen LogP contribution in [0, 0.1) is 5.92 Å². The van der Waals surface area contributed by atoms with Crippen molar-refractivity contribution >= 4 is 0 Å². The first-order valence-corrected chi connectivity index (χ1v) is 7.26. The molecule has 1 aromatic carbocycles. The molecule has 2 aromatic rings. The maximum absolute atomic E-state index is 4.54. The van der Waals surface area contributed by atoms with Crippen molar-refractivity contribution in [3.8, 4) is 11.3 Å². The Kier molecular flexibility index (Phi) is 3.58. The zero-order valence-corrected chi connectivity index (χ0v) is 11.5. The molecule has 0 saturated carbocycles. The fourth-order valence-electron chi connectivity index (χ4n) is 3.01. The molecule has 0 amide bonds. The third kappa shape index (κ3) is 2.53. The van der Waals surface area contributed by atoms with E-state index in [2.05, 4.69) is 47.2 Å². The van der Waals surface area contributed by atoms with E-state index >= 15 is 0 Å². The monoisotopic (exact) mass is 252 g/mol. The Morgan fingerprint density at radius 3 is 2.63 bits per heavy atom. The van der Waals surface area contributed by atoms with Crippen molar-refractivity contribution in [1.82, 2.24) is 9.97 Å². The van der Waals surface area contributed by atoms with Crippen LogP contribution >= 0.6 is 0 Å². The Balaban J connectivity index is 2.01. The number of fused-ring (bicyclic) bond motifs is 1. The van der Waals surface area contributed by atoms with Gasteiger partial charge in [0.05, 0.1) is 5.69 Å². The van der Waals surface area contributed by atoms with Crippen LogP contribution in [0.15, 0.2) is 36.7 Å². The van der Waals surface area contributed by atoms with Gasteiger partial charge in [-0.05, 0) is 37.2 Å². The first-order chi connectivity index (χ1) is 9.38. The second-order valence-corrected chi connectivity index (χ2v) is 5.37. The molecule has 19 heavy (non-hydrogen) atoms.